The second kappa shape index (κ2) is 7.46. The van der Waals surface area contributed by atoms with Crippen molar-refractivity contribution in [1.29, 1.82) is 0 Å². The third-order valence-corrected chi connectivity index (χ3v) is 5.19. The summed E-state index contributed by atoms with van der Waals surface area (Å²) in [6.07, 6.45) is 3.17. The van der Waals surface area contributed by atoms with Crippen LogP contribution in [0.25, 0.3) is 33.4 Å². The van der Waals surface area contributed by atoms with Gasteiger partial charge in [0, 0.05) is 19.5 Å². The van der Waals surface area contributed by atoms with Gasteiger partial charge in [0.2, 0.25) is 0 Å². The van der Waals surface area contributed by atoms with Crippen molar-refractivity contribution in [2.24, 2.45) is 0 Å². The van der Waals surface area contributed by atoms with Gasteiger partial charge in [-0.05, 0) is 30.3 Å². The Morgan fingerprint density at radius 2 is 1.65 bits per heavy atom. The lowest BCUT2D eigenvalue weighted by molar-refractivity contribution is 0.178. The molecule has 0 fully saturated rings. The number of methoxy groups -OCH3 is 1. The number of hydrogen-bond acceptors (Lipinski definition) is 6. The molecule has 31 heavy (non-hydrogen) atoms. The first kappa shape index (κ1) is 19.2. The van der Waals surface area contributed by atoms with Gasteiger partial charge in [0.25, 0.3) is 17.1 Å². The summed E-state index contributed by atoms with van der Waals surface area (Å²) in [5.41, 5.74) is 0.792. The Bertz CT molecular complexity index is 1570. The smallest absolute Gasteiger partial charge is 0.267 e. The van der Waals surface area contributed by atoms with Gasteiger partial charge in [-0.25, -0.2) is 9.55 Å². The molecule has 5 aromatic rings. The topological polar surface area (TPSA) is 108 Å². The van der Waals surface area contributed by atoms with Gasteiger partial charge >= 0.3 is 0 Å². The first-order valence-corrected chi connectivity index (χ1v) is 9.68. The Morgan fingerprint density at radius 3 is 2.35 bits per heavy atom. The van der Waals surface area contributed by atoms with E-state index in [1.807, 2.05) is 0 Å². The summed E-state index contributed by atoms with van der Waals surface area (Å²) in [5.74, 6) is 0.671. The SMILES string of the molecule is COCc1nc(-n2ccc3nc4ccn(-c5ccccc5Cl)c(=O)c4cc3c2=O)n[nH]1. The zero-order valence-corrected chi connectivity index (χ0v) is 17.0. The molecular formula is C21H15ClN6O3. The fraction of sp³-hybridized carbons (Fsp3) is 0.0952. The van der Waals surface area contributed by atoms with Crippen LogP contribution in [0, 0.1) is 0 Å². The zero-order valence-electron chi connectivity index (χ0n) is 16.2. The highest BCUT2D eigenvalue weighted by molar-refractivity contribution is 6.32. The van der Waals surface area contributed by atoms with E-state index in [1.54, 1.807) is 54.9 Å². The highest BCUT2D eigenvalue weighted by atomic mass is 35.5. The summed E-state index contributed by atoms with van der Waals surface area (Å²) >= 11 is 6.26. The van der Waals surface area contributed by atoms with Crippen molar-refractivity contribution < 1.29 is 4.74 Å². The quantitative estimate of drug-likeness (QED) is 0.436. The van der Waals surface area contributed by atoms with Crippen LogP contribution in [0.5, 0.6) is 0 Å². The van der Waals surface area contributed by atoms with Gasteiger partial charge in [-0.2, -0.15) is 4.98 Å². The molecule has 0 atom stereocenters. The Hall–Kier alpha value is -3.82. The first-order valence-electron chi connectivity index (χ1n) is 9.30. The van der Waals surface area contributed by atoms with Gasteiger partial charge in [-0.3, -0.25) is 19.3 Å². The van der Waals surface area contributed by atoms with Crippen LogP contribution in [0.1, 0.15) is 5.82 Å². The summed E-state index contributed by atoms with van der Waals surface area (Å²) in [4.78, 5) is 35.1. The Balaban J connectivity index is 1.72. The van der Waals surface area contributed by atoms with Gasteiger partial charge < -0.3 is 4.74 Å². The lowest BCUT2D eigenvalue weighted by Crippen LogP contribution is -2.21. The molecule has 1 aromatic carbocycles. The fourth-order valence-electron chi connectivity index (χ4n) is 3.41. The van der Waals surface area contributed by atoms with Crippen LogP contribution in [0.15, 0.2) is 64.4 Å². The van der Waals surface area contributed by atoms with Gasteiger partial charge in [-0.15, -0.1) is 5.10 Å². The van der Waals surface area contributed by atoms with E-state index >= 15 is 0 Å². The maximum atomic E-state index is 13.2. The average Bonchev–Trinajstić information content (AvgIpc) is 3.23. The molecule has 0 saturated heterocycles. The maximum absolute atomic E-state index is 13.2. The Kier molecular flexibility index (Phi) is 4.61. The monoisotopic (exact) mass is 434 g/mol. The van der Waals surface area contributed by atoms with E-state index in [9.17, 15) is 9.59 Å². The molecule has 0 aliphatic carbocycles. The summed E-state index contributed by atoms with van der Waals surface area (Å²) in [6, 6.07) is 12.0. The third kappa shape index (κ3) is 3.20. The standard InChI is InChI=1S/C21H15ClN6O3/c1-31-11-18-24-21(26-25-18)28-9-7-16-13(20(28)30)10-12-15(23-16)6-8-27(19(12)29)17-5-3-2-4-14(17)22/h2-10H,11H2,1H3,(H,24,25,26). The fourth-order valence-corrected chi connectivity index (χ4v) is 3.64. The lowest BCUT2D eigenvalue weighted by atomic mass is 10.2. The summed E-state index contributed by atoms with van der Waals surface area (Å²) in [7, 11) is 1.54. The number of para-hydroxylation sites is 1. The van der Waals surface area contributed by atoms with Crippen LogP contribution in [-0.2, 0) is 11.3 Å². The number of fused-ring (bicyclic) bond motifs is 2. The summed E-state index contributed by atoms with van der Waals surface area (Å²) in [6.45, 7) is 0.239. The predicted molar refractivity (Wildman–Crippen MR) is 116 cm³/mol. The number of nitrogens with one attached hydrogen (secondary N) is 1. The molecule has 0 aliphatic heterocycles. The van der Waals surface area contributed by atoms with Crippen molar-refractivity contribution in [3.8, 4) is 11.6 Å². The number of rotatable bonds is 4. The highest BCUT2D eigenvalue weighted by Gasteiger charge is 2.14. The van der Waals surface area contributed by atoms with Gasteiger partial charge in [0.05, 0.1) is 32.5 Å². The van der Waals surface area contributed by atoms with Crippen LogP contribution >= 0.6 is 11.6 Å². The van der Waals surface area contributed by atoms with E-state index in [4.69, 9.17) is 16.3 Å². The van der Waals surface area contributed by atoms with Crippen molar-refractivity contribution >= 4 is 33.4 Å². The Labute approximate surface area is 179 Å². The number of H-pyrrole nitrogens is 1. The molecule has 5 rings (SSSR count). The summed E-state index contributed by atoms with van der Waals surface area (Å²) in [5, 5.41) is 7.81. The molecule has 0 unspecified atom stereocenters. The number of hydrogen-bond donors (Lipinski definition) is 1. The minimum Gasteiger partial charge on any atom is -0.377 e. The van der Waals surface area contributed by atoms with Crippen LogP contribution in [0.3, 0.4) is 0 Å². The largest absolute Gasteiger partial charge is 0.377 e. The van der Waals surface area contributed by atoms with Crippen molar-refractivity contribution in [1.82, 2.24) is 29.3 Å². The molecule has 0 aliphatic rings. The van der Waals surface area contributed by atoms with Crippen LogP contribution in [0.4, 0.5) is 0 Å². The molecule has 1 N–H and O–H groups in total. The van der Waals surface area contributed by atoms with Crippen molar-refractivity contribution in [3.63, 3.8) is 0 Å². The molecule has 0 radical (unpaired) electrons. The van der Waals surface area contributed by atoms with E-state index in [-0.39, 0.29) is 29.1 Å². The number of aromatic amines is 1. The zero-order chi connectivity index (χ0) is 21.5. The second-order valence-electron chi connectivity index (χ2n) is 6.80. The number of aromatic nitrogens is 6. The molecule has 9 nitrogen and oxygen atoms in total. The van der Waals surface area contributed by atoms with E-state index in [0.29, 0.717) is 33.0 Å². The molecule has 154 valence electrons. The molecular weight excluding hydrogens is 420 g/mol. The van der Waals surface area contributed by atoms with E-state index < -0.39 is 0 Å². The van der Waals surface area contributed by atoms with Crippen molar-refractivity contribution in [2.75, 3.05) is 7.11 Å². The molecule has 0 amide bonds. The Morgan fingerprint density at radius 1 is 0.968 bits per heavy atom. The minimum absolute atomic E-state index is 0.181. The summed E-state index contributed by atoms with van der Waals surface area (Å²) < 4.78 is 7.75. The number of ether oxygens (including phenoxy) is 1. The lowest BCUT2D eigenvalue weighted by Gasteiger charge is -2.09. The normalized spacial score (nSPS) is 11.4. The van der Waals surface area contributed by atoms with Crippen LogP contribution in [0.2, 0.25) is 5.02 Å². The van der Waals surface area contributed by atoms with E-state index in [2.05, 4.69) is 20.2 Å². The maximum Gasteiger partial charge on any atom is 0.267 e. The average molecular weight is 435 g/mol. The molecule has 0 saturated carbocycles. The van der Waals surface area contributed by atoms with E-state index in [0.717, 1.165) is 0 Å². The second-order valence-corrected chi connectivity index (χ2v) is 7.21. The van der Waals surface area contributed by atoms with Crippen LogP contribution in [-0.4, -0.2) is 36.4 Å². The highest BCUT2D eigenvalue weighted by Crippen LogP contribution is 2.20. The molecule has 4 heterocycles. The predicted octanol–water partition coefficient (Wildman–Crippen LogP) is 2.61. The third-order valence-electron chi connectivity index (χ3n) is 4.87. The van der Waals surface area contributed by atoms with Crippen molar-refractivity contribution in [3.05, 3.63) is 86.4 Å². The molecule has 4 aromatic heterocycles. The van der Waals surface area contributed by atoms with Crippen LogP contribution < -0.4 is 11.1 Å². The number of benzene rings is 1. The molecule has 10 heteroatoms. The first-order chi connectivity index (χ1) is 15.1. The molecule has 0 bridgehead atoms. The molecule has 0 spiro atoms. The number of nitrogens with zero attached hydrogens (tertiary/aromatic N) is 5. The van der Waals surface area contributed by atoms with Gasteiger partial charge in [0.15, 0.2) is 5.82 Å². The van der Waals surface area contributed by atoms with Gasteiger partial charge in [0.1, 0.15) is 6.61 Å². The van der Waals surface area contributed by atoms with Gasteiger partial charge in [-0.1, -0.05) is 23.7 Å². The minimum atomic E-state index is -0.387. The number of halogens is 1. The number of pyridine rings is 3. The van der Waals surface area contributed by atoms with Crippen molar-refractivity contribution in [2.45, 2.75) is 6.61 Å². The van der Waals surface area contributed by atoms with E-state index in [1.165, 1.54) is 16.2 Å².